The van der Waals surface area contributed by atoms with Crippen molar-refractivity contribution in [3.8, 4) is 0 Å². The topological polar surface area (TPSA) is 39.9 Å². The van der Waals surface area contributed by atoms with E-state index in [0.717, 1.165) is 24.0 Å². The van der Waals surface area contributed by atoms with Crippen LogP contribution in [-0.2, 0) is 16.6 Å². The number of rotatable bonds is 5. The SMILES string of the molecule is COC(C)(C)CCn1cc(CBr)nn1. The zero-order valence-corrected chi connectivity index (χ0v) is 10.4. The summed E-state index contributed by atoms with van der Waals surface area (Å²) in [6.07, 6.45) is 2.87. The van der Waals surface area contributed by atoms with Crippen LogP contribution in [0.15, 0.2) is 6.20 Å². The molecule has 0 saturated heterocycles. The Bertz CT molecular complexity index is 285. The Balaban J connectivity index is 2.45. The minimum atomic E-state index is -0.0967. The zero-order valence-electron chi connectivity index (χ0n) is 8.83. The summed E-state index contributed by atoms with van der Waals surface area (Å²) in [7, 11) is 1.73. The maximum Gasteiger partial charge on any atom is 0.0932 e. The Morgan fingerprint density at radius 3 is 2.79 bits per heavy atom. The van der Waals surface area contributed by atoms with E-state index in [-0.39, 0.29) is 5.60 Å². The van der Waals surface area contributed by atoms with Gasteiger partial charge in [0.05, 0.1) is 11.3 Å². The number of ether oxygens (including phenoxy) is 1. The van der Waals surface area contributed by atoms with Crippen molar-refractivity contribution in [2.45, 2.75) is 37.7 Å². The minimum absolute atomic E-state index is 0.0967. The fraction of sp³-hybridized carbons (Fsp3) is 0.778. The molecule has 1 aromatic heterocycles. The number of hydrogen-bond donors (Lipinski definition) is 0. The molecule has 4 nitrogen and oxygen atoms in total. The van der Waals surface area contributed by atoms with Crippen molar-refractivity contribution in [1.29, 1.82) is 0 Å². The fourth-order valence-corrected chi connectivity index (χ4v) is 1.25. The molecule has 0 radical (unpaired) electrons. The van der Waals surface area contributed by atoms with Crippen molar-refractivity contribution < 1.29 is 4.74 Å². The summed E-state index contributed by atoms with van der Waals surface area (Å²) >= 11 is 3.33. The molecule has 0 unspecified atom stereocenters. The second kappa shape index (κ2) is 4.89. The molecule has 0 aliphatic rings. The van der Waals surface area contributed by atoms with Crippen molar-refractivity contribution in [2.24, 2.45) is 0 Å². The molecule has 0 fully saturated rings. The van der Waals surface area contributed by atoms with Gasteiger partial charge in [-0.2, -0.15) is 0 Å². The van der Waals surface area contributed by atoms with Gasteiger partial charge in [0.2, 0.25) is 0 Å². The lowest BCUT2D eigenvalue weighted by atomic mass is 10.1. The Labute approximate surface area is 92.8 Å². The van der Waals surface area contributed by atoms with Gasteiger partial charge in [-0.25, -0.2) is 0 Å². The fourth-order valence-electron chi connectivity index (χ4n) is 0.995. The van der Waals surface area contributed by atoms with E-state index in [4.69, 9.17) is 4.74 Å². The molecule has 0 aliphatic carbocycles. The van der Waals surface area contributed by atoms with Gasteiger partial charge in [0.1, 0.15) is 0 Å². The summed E-state index contributed by atoms with van der Waals surface area (Å²) < 4.78 is 7.17. The maximum atomic E-state index is 5.32. The summed E-state index contributed by atoms with van der Waals surface area (Å²) in [5, 5.41) is 8.74. The van der Waals surface area contributed by atoms with Crippen LogP contribution in [-0.4, -0.2) is 27.7 Å². The van der Waals surface area contributed by atoms with E-state index in [2.05, 4.69) is 40.1 Å². The van der Waals surface area contributed by atoms with Crippen molar-refractivity contribution >= 4 is 15.9 Å². The molecule has 1 aromatic rings. The predicted molar refractivity (Wildman–Crippen MR) is 58.4 cm³/mol. The second-order valence-corrected chi connectivity index (χ2v) is 4.38. The molecule has 1 rings (SSSR count). The third-order valence-electron chi connectivity index (χ3n) is 2.22. The number of methoxy groups -OCH3 is 1. The normalized spacial score (nSPS) is 12.0. The van der Waals surface area contributed by atoms with Crippen molar-refractivity contribution in [3.63, 3.8) is 0 Å². The van der Waals surface area contributed by atoms with Crippen LogP contribution in [0.1, 0.15) is 26.0 Å². The Kier molecular flexibility index (Phi) is 4.07. The molecule has 0 aromatic carbocycles. The largest absolute Gasteiger partial charge is 0.379 e. The molecule has 0 amide bonds. The van der Waals surface area contributed by atoms with Gasteiger partial charge in [0, 0.05) is 25.2 Å². The molecule has 0 bridgehead atoms. The summed E-state index contributed by atoms with van der Waals surface area (Å²) in [4.78, 5) is 0. The Hall–Kier alpha value is -0.420. The minimum Gasteiger partial charge on any atom is -0.379 e. The van der Waals surface area contributed by atoms with E-state index in [1.807, 2.05) is 10.9 Å². The van der Waals surface area contributed by atoms with Gasteiger partial charge in [-0.1, -0.05) is 21.1 Å². The molecule has 0 atom stereocenters. The lowest BCUT2D eigenvalue weighted by Gasteiger charge is -2.22. The van der Waals surface area contributed by atoms with E-state index >= 15 is 0 Å². The number of alkyl halides is 1. The predicted octanol–water partition coefficient (Wildman–Crippen LogP) is 1.99. The van der Waals surface area contributed by atoms with Crippen LogP contribution in [0.25, 0.3) is 0 Å². The van der Waals surface area contributed by atoms with Crippen molar-refractivity contribution in [2.75, 3.05) is 7.11 Å². The molecule has 5 heteroatoms. The first-order valence-electron chi connectivity index (χ1n) is 4.57. The molecule has 1 heterocycles. The number of nitrogens with zero attached hydrogens (tertiary/aromatic N) is 3. The first-order chi connectivity index (χ1) is 6.57. The lowest BCUT2D eigenvalue weighted by Crippen LogP contribution is -2.24. The quantitative estimate of drug-likeness (QED) is 0.762. The average Bonchev–Trinajstić information content (AvgIpc) is 2.63. The number of aromatic nitrogens is 3. The Morgan fingerprint density at radius 2 is 2.29 bits per heavy atom. The van der Waals surface area contributed by atoms with Crippen LogP contribution >= 0.6 is 15.9 Å². The number of aryl methyl sites for hydroxylation is 1. The van der Waals surface area contributed by atoms with Crippen molar-refractivity contribution in [3.05, 3.63) is 11.9 Å². The van der Waals surface area contributed by atoms with Crippen LogP contribution in [0.3, 0.4) is 0 Å². The van der Waals surface area contributed by atoms with E-state index < -0.39 is 0 Å². The highest BCUT2D eigenvalue weighted by Crippen LogP contribution is 2.13. The standard InChI is InChI=1S/C9H16BrN3O/c1-9(2,14-3)4-5-13-7-8(6-10)11-12-13/h7H,4-6H2,1-3H3. The lowest BCUT2D eigenvalue weighted by molar-refractivity contribution is 0.0112. The van der Waals surface area contributed by atoms with Crippen LogP contribution in [0, 0.1) is 0 Å². The van der Waals surface area contributed by atoms with Crippen LogP contribution in [0.2, 0.25) is 0 Å². The number of hydrogen-bond acceptors (Lipinski definition) is 3. The highest BCUT2D eigenvalue weighted by Gasteiger charge is 2.16. The van der Waals surface area contributed by atoms with Crippen molar-refractivity contribution in [1.82, 2.24) is 15.0 Å². The van der Waals surface area contributed by atoms with Gasteiger partial charge >= 0.3 is 0 Å². The van der Waals surface area contributed by atoms with Crippen LogP contribution in [0.5, 0.6) is 0 Å². The summed E-state index contributed by atoms with van der Waals surface area (Å²) in [6.45, 7) is 4.96. The molecule has 14 heavy (non-hydrogen) atoms. The van der Waals surface area contributed by atoms with E-state index in [0.29, 0.717) is 0 Å². The molecule has 0 aliphatic heterocycles. The van der Waals surface area contributed by atoms with Gasteiger partial charge in [-0.15, -0.1) is 5.10 Å². The second-order valence-electron chi connectivity index (χ2n) is 3.82. The van der Waals surface area contributed by atoms with Gasteiger partial charge in [-0.05, 0) is 20.3 Å². The zero-order chi connectivity index (χ0) is 10.6. The first-order valence-corrected chi connectivity index (χ1v) is 5.69. The van der Waals surface area contributed by atoms with E-state index in [1.54, 1.807) is 7.11 Å². The highest BCUT2D eigenvalue weighted by atomic mass is 79.9. The first kappa shape index (κ1) is 11.7. The third kappa shape index (κ3) is 3.38. The van der Waals surface area contributed by atoms with Gasteiger partial charge in [-0.3, -0.25) is 4.68 Å². The third-order valence-corrected chi connectivity index (χ3v) is 2.79. The summed E-state index contributed by atoms with van der Waals surface area (Å²) in [5.74, 6) is 0. The van der Waals surface area contributed by atoms with Gasteiger partial charge in [0.25, 0.3) is 0 Å². The highest BCUT2D eigenvalue weighted by molar-refractivity contribution is 9.08. The monoisotopic (exact) mass is 261 g/mol. The maximum absolute atomic E-state index is 5.32. The average molecular weight is 262 g/mol. The molecule has 0 N–H and O–H groups in total. The molecular formula is C9H16BrN3O. The smallest absolute Gasteiger partial charge is 0.0932 e. The Morgan fingerprint density at radius 1 is 1.57 bits per heavy atom. The molecule has 80 valence electrons. The van der Waals surface area contributed by atoms with E-state index in [9.17, 15) is 0 Å². The van der Waals surface area contributed by atoms with E-state index in [1.165, 1.54) is 0 Å². The van der Waals surface area contributed by atoms with Crippen LogP contribution < -0.4 is 0 Å². The molecular weight excluding hydrogens is 246 g/mol. The summed E-state index contributed by atoms with van der Waals surface area (Å²) in [6, 6.07) is 0. The summed E-state index contributed by atoms with van der Waals surface area (Å²) in [5.41, 5.74) is 0.862. The molecule has 0 saturated carbocycles. The van der Waals surface area contributed by atoms with Crippen LogP contribution in [0.4, 0.5) is 0 Å². The number of halogens is 1. The molecule has 0 spiro atoms. The van der Waals surface area contributed by atoms with Gasteiger partial charge in [0.15, 0.2) is 0 Å². The van der Waals surface area contributed by atoms with Gasteiger partial charge < -0.3 is 4.74 Å².